The van der Waals surface area contributed by atoms with Crippen LogP contribution in [0.15, 0.2) is 30.3 Å². The zero-order chi connectivity index (χ0) is 13.3. The minimum absolute atomic E-state index is 0.216. The van der Waals surface area contributed by atoms with Crippen molar-refractivity contribution in [2.24, 2.45) is 0 Å². The number of carbonyl (C=O) groups is 1. The lowest BCUT2D eigenvalue weighted by Gasteiger charge is -2.29. The maximum Gasteiger partial charge on any atom is 0.335 e. The van der Waals surface area contributed by atoms with Gasteiger partial charge in [-0.1, -0.05) is 12.1 Å². The Hall–Kier alpha value is -1.85. The second-order valence-electron chi connectivity index (χ2n) is 4.96. The lowest BCUT2D eigenvalue weighted by atomic mass is 9.91. The van der Waals surface area contributed by atoms with Crippen molar-refractivity contribution in [3.05, 3.63) is 41.5 Å². The van der Waals surface area contributed by atoms with Crippen LogP contribution in [0.3, 0.4) is 0 Å². The monoisotopic (exact) mass is 260 g/mol. The lowest BCUT2D eigenvalue weighted by molar-refractivity contribution is -0.0515. The maximum absolute atomic E-state index is 10.8. The van der Waals surface area contributed by atoms with Crippen LogP contribution in [0.25, 0.3) is 5.70 Å². The van der Waals surface area contributed by atoms with Crippen molar-refractivity contribution in [1.82, 2.24) is 10.8 Å². The van der Waals surface area contributed by atoms with E-state index in [9.17, 15) is 4.79 Å². The molecule has 1 spiro atoms. The Morgan fingerprint density at radius 1 is 1.21 bits per heavy atom. The minimum Gasteiger partial charge on any atom is -0.478 e. The van der Waals surface area contributed by atoms with Gasteiger partial charge < -0.3 is 10.4 Å². The molecule has 0 saturated carbocycles. The molecule has 100 valence electrons. The van der Waals surface area contributed by atoms with Crippen LogP contribution in [0.1, 0.15) is 28.8 Å². The van der Waals surface area contributed by atoms with Gasteiger partial charge in [0.1, 0.15) is 5.60 Å². The molecule has 0 atom stereocenters. The summed E-state index contributed by atoms with van der Waals surface area (Å²) in [6.07, 6.45) is 4.00. The van der Waals surface area contributed by atoms with Gasteiger partial charge in [0.05, 0.1) is 11.3 Å². The Bertz CT molecular complexity index is 516. The van der Waals surface area contributed by atoms with Crippen LogP contribution in [-0.2, 0) is 4.84 Å². The van der Waals surface area contributed by atoms with E-state index < -0.39 is 5.97 Å². The van der Waals surface area contributed by atoms with Gasteiger partial charge in [0.25, 0.3) is 0 Å². The van der Waals surface area contributed by atoms with Gasteiger partial charge in [-0.15, -0.1) is 0 Å². The van der Waals surface area contributed by atoms with Crippen LogP contribution >= 0.6 is 0 Å². The highest BCUT2D eigenvalue weighted by Crippen LogP contribution is 2.32. The SMILES string of the molecule is O=C(O)c1ccc(C2=CC3(CCNCC3)ON2)cc1. The number of piperidine rings is 1. The Labute approximate surface area is 111 Å². The van der Waals surface area contributed by atoms with E-state index >= 15 is 0 Å². The maximum atomic E-state index is 10.8. The third-order valence-corrected chi connectivity index (χ3v) is 3.66. The van der Waals surface area contributed by atoms with E-state index in [-0.39, 0.29) is 5.60 Å². The summed E-state index contributed by atoms with van der Waals surface area (Å²) < 4.78 is 0. The van der Waals surface area contributed by atoms with Crippen LogP contribution < -0.4 is 10.8 Å². The number of hydrogen-bond acceptors (Lipinski definition) is 4. The van der Waals surface area contributed by atoms with E-state index in [1.165, 1.54) is 0 Å². The second-order valence-corrected chi connectivity index (χ2v) is 4.96. The van der Waals surface area contributed by atoms with Crippen LogP contribution in [0.5, 0.6) is 0 Å². The van der Waals surface area contributed by atoms with E-state index in [1.807, 2.05) is 0 Å². The molecule has 2 aliphatic heterocycles. The van der Waals surface area contributed by atoms with Crippen molar-refractivity contribution in [1.29, 1.82) is 0 Å². The predicted molar refractivity (Wildman–Crippen MR) is 70.4 cm³/mol. The fourth-order valence-electron chi connectivity index (χ4n) is 2.51. The van der Waals surface area contributed by atoms with Crippen LogP contribution in [0.4, 0.5) is 0 Å². The number of rotatable bonds is 2. The molecule has 2 aliphatic rings. The zero-order valence-corrected chi connectivity index (χ0v) is 10.5. The van der Waals surface area contributed by atoms with Gasteiger partial charge in [0, 0.05) is 0 Å². The first-order valence-corrected chi connectivity index (χ1v) is 6.40. The molecule has 0 amide bonds. The normalized spacial score (nSPS) is 20.9. The molecule has 3 N–H and O–H groups in total. The van der Waals surface area contributed by atoms with Crippen molar-refractivity contribution in [2.45, 2.75) is 18.4 Å². The lowest BCUT2D eigenvalue weighted by Crippen LogP contribution is -2.41. The topological polar surface area (TPSA) is 70.6 Å². The molecule has 0 radical (unpaired) electrons. The first-order valence-electron chi connectivity index (χ1n) is 6.40. The summed E-state index contributed by atoms with van der Waals surface area (Å²) in [6.45, 7) is 1.90. The van der Waals surface area contributed by atoms with Crippen molar-refractivity contribution >= 4 is 11.7 Å². The Morgan fingerprint density at radius 3 is 2.53 bits per heavy atom. The highest BCUT2D eigenvalue weighted by molar-refractivity contribution is 5.88. The standard InChI is InChI=1S/C14H16N2O3/c17-13(18)11-3-1-10(2-4-11)12-9-14(19-16-12)5-7-15-8-6-14/h1-4,9,15-16H,5-8H2,(H,17,18). The summed E-state index contributed by atoms with van der Waals surface area (Å²) in [5.74, 6) is -0.911. The van der Waals surface area contributed by atoms with E-state index in [4.69, 9.17) is 9.94 Å². The number of hydrogen-bond donors (Lipinski definition) is 3. The zero-order valence-electron chi connectivity index (χ0n) is 10.5. The summed E-state index contributed by atoms with van der Waals surface area (Å²) in [7, 11) is 0. The molecule has 5 nitrogen and oxygen atoms in total. The van der Waals surface area contributed by atoms with E-state index in [0.717, 1.165) is 37.2 Å². The van der Waals surface area contributed by atoms with Crippen LogP contribution in [0.2, 0.25) is 0 Å². The molecule has 1 fully saturated rings. The fourth-order valence-corrected chi connectivity index (χ4v) is 2.51. The molecule has 2 heterocycles. The summed E-state index contributed by atoms with van der Waals surface area (Å²) in [4.78, 5) is 16.5. The fraction of sp³-hybridized carbons (Fsp3) is 0.357. The van der Waals surface area contributed by atoms with Gasteiger partial charge in [-0.2, -0.15) is 0 Å². The van der Waals surface area contributed by atoms with Crippen molar-refractivity contribution in [3.8, 4) is 0 Å². The summed E-state index contributed by atoms with van der Waals surface area (Å²) in [5.41, 5.74) is 4.90. The average molecular weight is 260 g/mol. The van der Waals surface area contributed by atoms with Gasteiger partial charge in [-0.3, -0.25) is 10.3 Å². The van der Waals surface area contributed by atoms with Gasteiger partial charge in [0.2, 0.25) is 0 Å². The average Bonchev–Trinajstić information content (AvgIpc) is 2.83. The number of carboxylic acids is 1. The number of carboxylic acid groups (broad SMARTS) is 1. The quantitative estimate of drug-likeness (QED) is 0.749. The van der Waals surface area contributed by atoms with E-state index in [2.05, 4.69) is 16.9 Å². The van der Waals surface area contributed by atoms with Gasteiger partial charge in [-0.25, -0.2) is 4.79 Å². The molecule has 1 saturated heterocycles. The molecule has 1 aromatic rings. The first-order chi connectivity index (χ1) is 9.19. The summed E-state index contributed by atoms with van der Waals surface area (Å²) in [6, 6.07) is 6.80. The third-order valence-electron chi connectivity index (χ3n) is 3.66. The molecular formula is C14H16N2O3. The molecule has 1 aromatic carbocycles. The Balaban J connectivity index is 1.82. The molecule has 0 unspecified atom stereocenters. The molecule has 0 aliphatic carbocycles. The third kappa shape index (κ3) is 2.34. The van der Waals surface area contributed by atoms with Gasteiger partial charge in [0.15, 0.2) is 0 Å². The molecule has 0 aromatic heterocycles. The molecule has 5 heteroatoms. The minimum atomic E-state index is -0.911. The van der Waals surface area contributed by atoms with Crippen molar-refractivity contribution in [3.63, 3.8) is 0 Å². The first kappa shape index (κ1) is 12.2. The molecule has 3 rings (SSSR count). The number of hydroxylamine groups is 1. The second kappa shape index (κ2) is 4.68. The van der Waals surface area contributed by atoms with Gasteiger partial charge in [-0.05, 0) is 49.7 Å². The molecule has 19 heavy (non-hydrogen) atoms. The van der Waals surface area contributed by atoms with E-state index in [1.54, 1.807) is 24.3 Å². The Kier molecular flexibility index (Phi) is 3.00. The summed E-state index contributed by atoms with van der Waals surface area (Å²) in [5, 5.41) is 12.2. The van der Waals surface area contributed by atoms with Crippen molar-refractivity contribution in [2.75, 3.05) is 13.1 Å². The van der Waals surface area contributed by atoms with Crippen LogP contribution in [-0.4, -0.2) is 29.8 Å². The Morgan fingerprint density at radius 2 is 1.89 bits per heavy atom. The highest BCUT2D eigenvalue weighted by Gasteiger charge is 2.36. The highest BCUT2D eigenvalue weighted by atomic mass is 16.7. The van der Waals surface area contributed by atoms with Crippen LogP contribution in [0, 0.1) is 0 Å². The number of nitrogens with one attached hydrogen (secondary N) is 2. The number of benzene rings is 1. The summed E-state index contributed by atoms with van der Waals surface area (Å²) >= 11 is 0. The van der Waals surface area contributed by atoms with Gasteiger partial charge >= 0.3 is 5.97 Å². The predicted octanol–water partition coefficient (Wildman–Crippen LogP) is 1.38. The molecule has 0 bridgehead atoms. The van der Waals surface area contributed by atoms with Crippen molar-refractivity contribution < 1.29 is 14.7 Å². The van der Waals surface area contributed by atoms with E-state index in [0.29, 0.717) is 5.56 Å². The smallest absolute Gasteiger partial charge is 0.335 e. The number of aromatic carboxylic acids is 1. The molecular weight excluding hydrogens is 244 g/mol. The largest absolute Gasteiger partial charge is 0.478 e.